The van der Waals surface area contributed by atoms with Gasteiger partial charge in [-0.2, -0.15) is 0 Å². The van der Waals surface area contributed by atoms with Crippen LogP contribution in [-0.2, 0) is 4.57 Å². The molecule has 0 aliphatic rings. The maximum absolute atomic E-state index is 11.8. The minimum absolute atomic E-state index is 0.175. The van der Waals surface area contributed by atoms with Crippen LogP contribution in [0.25, 0.3) is 0 Å². The normalized spacial score (nSPS) is 11.3. The lowest BCUT2D eigenvalue weighted by Crippen LogP contribution is -2.03. The van der Waals surface area contributed by atoms with Gasteiger partial charge >= 0.3 is 7.80 Å². The van der Waals surface area contributed by atoms with Crippen LogP contribution in [-0.4, -0.2) is 6.16 Å². The first kappa shape index (κ1) is 12.7. The molecule has 2 aromatic carbocycles. The Morgan fingerprint density at radius 2 is 1.39 bits per heavy atom. The summed E-state index contributed by atoms with van der Waals surface area (Å²) in [5.41, 5.74) is 2.41. The molecule has 0 heterocycles. The van der Waals surface area contributed by atoms with E-state index in [9.17, 15) is 4.57 Å². The van der Waals surface area contributed by atoms with Crippen LogP contribution in [0, 0.1) is 0 Å². The summed E-state index contributed by atoms with van der Waals surface area (Å²) >= 11 is 0. The molecule has 0 fully saturated rings. The topological polar surface area (TPSA) is 17.1 Å². The van der Waals surface area contributed by atoms with Crippen molar-refractivity contribution in [1.82, 2.24) is 0 Å². The van der Waals surface area contributed by atoms with Crippen molar-refractivity contribution in [1.29, 1.82) is 0 Å². The van der Waals surface area contributed by atoms with E-state index in [0.717, 1.165) is 0 Å². The average molecular weight is 255 g/mol. The first-order valence-corrected chi connectivity index (χ1v) is 7.49. The minimum atomic E-state index is -1.35. The molecule has 0 aromatic heterocycles. The fraction of sp³-hybridized carbons (Fsp3) is 0.125. The molecule has 0 spiro atoms. The Labute approximate surface area is 109 Å². The molecular weight excluding hydrogens is 239 g/mol. The van der Waals surface area contributed by atoms with Crippen LogP contribution in [0.15, 0.2) is 73.1 Å². The molecule has 0 bridgehead atoms. The lowest BCUT2D eigenvalue weighted by molar-refractivity contribution is 0.590. The molecular formula is C16H16OP+. The largest absolute Gasteiger partial charge is 0.369 e. The monoisotopic (exact) mass is 255 g/mol. The van der Waals surface area contributed by atoms with E-state index in [4.69, 9.17) is 0 Å². The molecule has 2 aromatic rings. The molecule has 2 heteroatoms. The summed E-state index contributed by atoms with van der Waals surface area (Å²) in [6.45, 7) is 3.62. The first-order valence-electron chi connectivity index (χ1n) is 5.97. The van der Waals surface area contributed by atoms with Gasteiger partial charge in [0.25, 0.3) is 0 Å². The van der Waals surface area contributed by atoms with Gasteiger partial charge in [-0.25, -0.2) is 0 Å². The second-order valence-corrected chi connectivity index (χ2v) is 5.72. The Kier molecular flexibility index (Phi) is 4.44. The minimum Gasteiger partial charge on any atom is -0.0688 e. The summed E-state index contributed by atoms with van der Waals surface area (Å²) in [5.74, 6) is 1.72. The van der Waals surface area contributed by atoms with Gasteiger partial charge in [-0.15, -0.1) is 0 Å². The van der Waals surface area contributed by atoms with Crippen molar-refractivity contribution < 1.29 is 4.57 Å². The highest BCUT2D eigenvalue weighted by atomic mass is 31.1. The summed E-state index contributed by atoms with van der Waals surface area (Å²) in [6.07, 6.45) is 0.618. The summed E-state index contributed by atoms with van der Waals surface area (Å²) < 4.78 is 11.8. The Morgan fingerprint density at radius 1 is 0.944 bits per heavy atom. The van der Waals surface area contributed by atoms with Crippen LogP contribution in [0.4, 0.5) is 0 Å². The van der Waals surface area contributed by atoms with Gasteiger partial charge < -0.3 is 0 Å². The molecule has 18 heavy (non-hydrogen) atoms. The van der Waals surface area contributed by atoms with Crippen LogP contribution >= 0.6 is 7.80 Å². The maximum Gasteiger partial charge on any atom is 0.369 e. The predicted octanol–water partition coefficient (Wildman–Crippen LogP) is 4.79. The van der Waals surface area contributed by atoms with Gasteiger partial charge in [0.1, 0.15) is 5.82 Å². The van der Waals surface area contributed by atoms with E-state index >= 15 is 0 Å². The number of rotatable bonds is 5. The van der Waals surface area contributed by atoms with Gasteiger partial charge in [-0.1, -0.05) is 71.8 Å². The standard InChI is InChI=1S/C16H16OP/c1-2-18(17)13-16(14-9-5-3-6-10-14)15-11-7-4-8-12-15/h2-12,16H,1,13H2/q+1. The van der Waals surface area contributed by atoms with Crippen LogP contribution in [0.1, 0.15) is 17.0 Å². The number of hydrogen-bond acceptors (Lipinski definition) is 1. The Morgan fingerprint density at radius 3 is 1.78 bits per heavy atom. The summed E-state index contributed by atoms with van der Waals surface area (Å²) in [6, 6.07) is 20.4. The molecule has 2 rings (SSSR count). The van der Waals surface area contributed by atoms with Crippen molar-refractivity contribution in [3.63, 3.8) is 0 Å². The highest BCUT2D eigenvalue weighted by Gasteiger charge is 2.23. The van der Waals surface area contributed by atoms with Gasteiger partial charge in [0.05, 0.1) is 5.92 Å². The van der Waals surface area contributed by atoms with Gasteiger partial charge in [-0.05, 0) is 11.1 Å². The zero-order chi connectivity index (χ0) is 12.8. The predicted molar refractivity (Wildman–Crippen MR) is 77.4 cm³/mol. The zero-order valence-corrected chi connectivity index (χ0v) is 11.1. The van der Waals surface area contributed by atoms with Crippen LogP contribution in [0.3, 0.4) is 0 Å². The van der Waals surface area contributed by atoms with Crippen molar-refractivity contribution in [2.75, 3.05) is 6.16 Å². The third kappa shape index (κ3) is 3.15. The molecule has 1 unspecified atom stereocenters. The van der Waals surface area contributed by atoms with Crippen molar-refractivity contribution in [3.8, 4) is 0 Å². The van der Waals surface area contributed by atoms with Gasteiger partial charge in [-0.3, -0.25) is 0 Å². The first-order chi connectivity index (χ1) is 8.81. The van der Waals surface area contributed by atoms with Gasteiger partial charge in [0.2, 0.25) is 0 Å². The van der Waals surface area contributed by atoms with E-state index in [2.05, 4.69) is 30.8 Å². The molecule has 1 nitrogen and oxygen atoms in total. The van der Waals surface area contributed by atoms with Crippen molar-refractivity contribution in [2.24, 2.45) is 0 Å². The Hall–Kier alpha value is -1.72. The van der Waals surface area contributed by atoms with E-state index in [0.29, 0.717) is 6.16 Å². The molecule has 90 valence electrons. The van der Waals surface area contributed by atoms with Crippen molar-refractivity contribution >= 4 is 7.80 Å². The molecule has 0 saturated carbocycles. The third-order valence-corrected chi connectivity index (χ3v) is 4.10. The second kappa shape index (κ2) is 6.28. The van der Waals surface area contributed by atoms with Crippen molar-refractivity contribution in [2.45, 2.75) is 5.92 Å². The molecule has 0 aliphatic carbocycles. The number of benzene rings is 2. The molecule has 0 aliphatic heterocycles. The second-order valence-electron chi connectivity index (χ2n) is 4.16. The summed E-state index contributed by atoms with van der Waals surface area (Å²) in [7, 11) is -1.35. The maximum atomic E-state index is 11.8. The van der Waals surface area contributed by atoms with Crippen LogP contribution in [0.2, 0.25) is 0 Å². The highest BCUT2D eigenvalue weighted by Crippen LogP contribution is 2.34. The van der Waals surface area contributed by atoms with E-state index in [1.54, 1.807) is 5.82 Å². The molecule has 0 N–H and O–H groups in total. The van der Waals surface area contributed by atoms with Gasteiger partial charge in [0.15, 0.2) is 6.16 Å². The third-order valence-electron chi connectivity index (χ3n) is 2.97. The van der Waals surface area contributed by atoms with E-state index < -0.39 is 7.80 Å². The molecule has 0 amide bonds. The molecule has 0 saturated heterocycles. The highest BCUT2D eigenvalue weighted by molar-refractivity contribution is 7.48. The molecule has 1 atom stereocenters. The fourth-order valence-corrected chi connectivity index (χ4v) is 2.96. The van der Waals surface area contributed by atoms with E-state index in [-0.39, 0.29) is 5.92 Å². The van der Waals surface area contributed by atoms with Crippen molar-refractivity contribution in [3.05, 3.63) is 84.2 Å². The van der Waals surface area contributed by atoms with Crippen LogP contribution in [0.5, 0.6) is 0 Å². The average Bonchev–Trinajstić information content (AvgIpc) is 2.46. The lowest BCUT2D eigenvalue weighted by Gasteiger charge is -2.12. The quantitative estimate of drug-likeness (QED) is 0.702. The van der Waals surface area contributed by atoms with E-state index in [1.165, 1.54) is 11.1 Å². The SMILES string of the molecule is C=C[P+](=O)CC(c1ccccc1)c1ccccc1. The number of hydrogen-bond donors (Lipinski definition) is 0. The molecule has 0 radical (unpaired) electrons. The van der Waals surface area contributed by atoms with Crippen LogP contribution < -0.4 is 0 Å². The Bertz CT molecular complexity index is 480. The lowest BCUT2D eigenvalue weighted by atomic mass is 9.93. The zero-order valence-electron chi connectivity index (χ0n) is 10.2. The Balaban J connectivity index is 2.35. The van der Waals surface area contributed by atoms with Gasteiger partial charge in [0, 0.05) is 0 Å². The summed E-state index contributed by atoms with van der Waals surface area (Å²) in [4.78, 5) is 0. The summed E-state index contributed by atoms with van der Waals surface area (Å²) in [5, 5.41) is 0. The smallest absolute Gasteiger partial charge is 0.0688 e. The van der Waals surface area contributed by atoms with E-state index in [1.807, 2.05) is 36.4 Å². The fourth-order valence-electron chi connectivity index (χ4n) is 2.03.